The number of carbonyl (C=O) groups is 1. The van der Waals surface area contributed by atoms with E-state index in [1.165, 1.54) is 13.8 Å². The molecule has 0 aliphatic rings. The number of carbonyl (C=O) groups excluding carboxylic acids is 1. The van der Waals surface area contributed by atoms with Crippen molar-refractivity contribution in [1.29, 1.82) is 0 Å². The minimum atomic E-state index is -3.86. The van der Waals surface area contributed by atoms with Gasteiger partial charge in [0.05, 0.1) is 10.9 Å². The van der Waals surface area contributed by atoms with Crippen molar-refractivity contribution in [3.63, 3.8) is 0 Å². The van der Waals surface area contributed by atoms with Gasteiger partial charge in [-0.15, -0.1) is 0 Å². The first-order valence-corrected chi connectivity index (χ1v) is 14.1. The predicted octanol–water partition coefficient (Wildman–Crippen LogP) is 7.79. The Kier molecular flexibility index (Phi) is 8.96. The van der Waals surface area contributed by atoms with E-state index in [0.29, 0.717) is 22.4 Å². The van der Waals surface area contributed by atoms with Gasteiger partial charge in [0.1, 0.15) is 5.75 Å². The summed E-state index contributed by atoms with van der Waals surface area (Å²) in [6.45, 7) is 5.45. The minimum absolute atomic E-state index is 0.323. The van der Waals surface area contributed by atoms with E-state index >= 15 is 0 Å². The number of aryl methyl sites for hydroxylation is 2. The van der Waals surface area contributed by atoms with Gasteiger partial charge in [0.2, 0.25) is 0 Å². The van der Waals surface area contributed by atoms with Gasteiger partial charge in [-0.05, 0) is 75.2 Å². The van der Waals surface area contributed by atoms with Crippen molar-refractivity contribution in [1.82, 2.24) is 0 Å². The van der Waals surface area contributed by atoms with Crippen LogP contribution in [0.15, 0.2) is 118 Å². The molecule has 4 aromatic carbocycles. The van der Waals surface area contributed by atoms with E-state index in [4.69, 9.17) is 9.47 Å². The number of ether oxygens (including phenoxy) is 2. The van der Waals surface area contributed by atoms with Crippen molar-refractivity contribution in [2.24, 2.45) is 0 Å². The van der Waals surface area contributed by atoms with Crippen molar-refractivity contribution >= 4 is 16.9 Å². The SMILES string of the molecule is Cc1cc([S+](c2ccccc2)c2ccccc2)cc(C)c1OCC(F)(F)C(=O)OC(C)(C)C#Cc1ccccc1. The molecule has 0 fully saturated rings. The highest BCUT2D eigenvalue weighted by Crippen LogP contribution is 2.36. The molecular weight excluding hydrogens is 526 g/mol. The van der Waals surface area contributed by atoms with Gasteiger partial charge in [-0.25, -0.2) is 4.79 Å². The molecule has 0 heterocycles. The lowest BCUT2D eigenvalue weighted by Gasteiger charge is -2.23. The zero-order valence-corrected chi connectivity index (χ0v) is 23.7. The van der Waals surface area contributed by atoms with E-state index in [2.05, 4.69) is 36.1 Å². The van der Waals surface area contributed by atoms with Crippen molar-refractivity contribution in [3.05, 3.63) is 120 Å². The van der Waals surface area contributed by atoms with Crippen molar-refractivity contribution in [2.45, 2.75) is 53.9 Å². The Morgan fingerprint density at radius 2 is 1.25 bits per heavy atom. The van der Waals surface area contributed by atoms with E-state index in [-0.39, 0.29) is 0 Å². The van der Waals surface area contributed by atoms with Crippen molar-refractivity contribution in [3.8, 4) is 17.6 Å². The molecule has 0 radical (unpaired) electrons. The van der Waals surface area contributed by atoms with Crippen LogP contribution in [0.3, 0.4) is 0 Å². The molecule has 0 aliphatic carbocycles. The molecular formula is C34H31F2O3S+. The Hall–Kier alpha value is -4.08. The molecule has 0 aliphatic heterocycles. The molecule has 40 heavy (non-hydrogen) atoms. The van der Waals surface area contributed by atoms with Crippen LogP contribution < -0.4 is 4.74 Å². The fourth-order valence-corrected chi connectivity index (χ4v) is 6.34. The van der Waals surface area contributed by atoms with Crippen LogP contribution in [-0.4, -0.2) is 24.1 Å². The number of hydrogen-bond donors (Lipinski definition) is 0. The topological polar surface area (TPSA) is 35.5 Å². The maximum Gasteiger partial charge on any atom is 0.382 e. The summed E-state index contributed by atoms with van der Waals surface area (Å²) in [5.74, 6) is 0.382. The van der Waals surface area contributed by atoms with E-state index < -0.39 is 35.0 Å². The molecule has 0 amide bonds. The van der Waals surface area contributed by atoms with Crippen molar-refractivity contribution < 1.29 is 23.0 Å². The maximum atomic E-state index is 14.9. The van der Waals surface area contributed by atoms with Crippen LogP contribution in [0.5, 0.6) is 5.75 Å². The maximum absolute atomic E-state index is 14.9. The van der Waals surface area contributed by atoms with E-state index in [1.54, 1.807) is 12.1 Å². The average Bonchev–Trinajstić information content (AvgIpc) is 2.93. The van der Waals surface area contributed by atoms with Gasteiger partial charge in [0.25, 0.3) is 0 Å². The standard InChI is InChI=1S/C34H31F2O3S/c1-25-22-30(40(28-16-10-6-11-17-28)29-18-12-7-13-19-29)23-26(2)31(25)38-24-34(35,36)32(37)39-33(3,4)21-20-27-14-8-5-9-15-27/h5-19,22-23H,24H2,1-4H3/q+1. The summed E-state index contributed by atoms with van der Waals surface area (Å²) in [5.41, 5.74) is 0.697. The highest BCUT2D eigenvalue weighted by atomic mass is 32.2. The van der Waals surface area contributed by atoms with Gasteiger partial charge in [-0.3, -0.25) is 0 Å². The molecule has 4 rings (SSSR count). The molecule has 0 saturated heterocycles. The van der Waals surface area contributed by atoms with E-state index in [0.717, 1.165) is 14.7 Å². The Bertz CT molecular complexity index is 1450. The van der Waals surface area contributed by atoms with Crippen LogP contribution in [0.25, 0.3) is 0 Å². The zero-order chi connectivity index (χ0) is 28.8. The van der Waals surface area contributed by atoms with Crippen molar-refractivity contribution in [2.75, 3.05) is 6.61 Å². The summed E-state index contributed by atoms with van der Waals surface area (Å²) in [4.78, 5) is 15.8. The highest BCUT2D eigenvalue weighted by molar-refractivity contribution is 7.97. The van der Waals surface area contributed by atoms with Crippen LogP contribution in [-0.2, 0) is 20.4 Å². The molecule has 0 N–H and O–H groups in total. The molecule has 0 spiro atoms. The normalized spacial score (nSPS) is 11.5. The quantitative estimate of drug-likeness (QED) is 0.126. The van der Waals surface area contributed by atoms with Gasteiger partial charge < -0.3 is 9.47 Å². The highest BCUT2D eigenvalue weighted by Gasteiger charge is 2.44. The van der Waals surface area contributed by atoms with Crippen LogP contribution in [0, 0.1) is 25.7 Å². The fraction of sp³-hybridized carbons (Fsp3) is 0.206. The number of rotatable bonds is 8. The van der Waals surface area contributed by atoms with Crippen LogP contribution >= 0.6 is 0 Å². The summed E-state index contributed by atoms with van der Waals surface area (Å²) in [6, 6.07) is 33.3. The summed E-state index contributed by atoms with van der Waals surface area (Å²) < 4.78 is 40.4. The third-order valence-corrected chi connectivity index (χ3v) is 8.15. The van der Waals surface area contributed by atoms with Crippen LogP contribution in [0.1, 0.15) is 30.5 Å². The van der Waals surface area contributed by atoms with E-state index in [1.807, 2.05) is 80.6 Å². The lowest BCUT2D eigenvalue weighted by Crippen LogP contribution is -2.41. The molecule has 0 aromatic heterocycles. The Morgan fingerprint density at radius 3 is 1.75 bits per heavy atom. The summed E-state index contributed by atoms with van der Waals surface area (Å²) in [6.07, 6.45) is 0. The number of halogens is 2. The van der Waals surface area contributed by atoms with Crippen LogP contribution in [0.2, 0.25) is 0 Å². The second-order valence-electron chi connectivity index (χ2n) is 9.83. The number of esters is 1. The third kappa shape index (κ3) is 7.31. The van der Waals surface area contributed by atoms with Crippen LogP contribution in [0.4, 0.5) is 8.78 Å². The predicted molar refractivity (Wildman–Crippen MR) is 155 cm³/mol. The summed E-state index contributed by atoms with van der Waals surface area (Å²) >= 11 is 0. The van der Waals surface area contributed by atoms with Gasteiger partial charge in [0.15, 0.2) is 26.9 Å². The molecule has 0 saturated carbocycles. The first-order valence-electron chi connectivity index (χ1n) is 12.8. The van der Waals surface area contributed by atoms with Gasteiger partial charge >= 0.3 is 11.9 Å². The molecule has 3 nitrogen and oxygen atoms in total. The average molecular weight is 558 g/mol. The largest absolute Gasteiger partial charge is 0.486 e. The summed E-state index contributed by atoms with van der Waals surface area (Å²) in [7, 11) is -0.390. The second-order valence-corrected chi connectivity index (χ2v) is 11.9. The third-order valence-electron chi connectivity index (χ3n) is 5.95. The molecule has 0 unspecified atom stereocenters. The molecule has 204 valence electrons. The molecule has 6 heteroatoms. The number of hydrogen-bond acceptors (Lipinski definition) is 3. The first kappa shape index (κ1) is 28.9. The Labute approximate surface area is 237 Å². The molecule has 0 atom stereocenters. The Morgan fingerprint density at radius 1 is 0.775 bits per heavy atom. The lowest BCUT2D eigenvalue weighted by molar-refractivity contribution is -0.184. The van der Waals surface area contributed by atoms with Gasteiger partial charge in [0, 0.05) is 17.7 Å². The lowest BCUT2D eigenvalue weighted by atomic mass is 10.1. The molecule has 4 aromatic rings. The zero-order valence-electron chi connectivity index (χ0n) is 22.9. The second kappa shape index (κ2) is 12.4. The first-order chi connectivity index (χ1) is 19.1. The monoisotopic (exact) mass is 557 g/mol. The van der Waals surface area contributed by atoms with Gasteiger partial charge in [-0.2, -0.15) is 8.78 Å². The summed E-state index contributed by atoms with van der Waals surface area (Å²) in [5, 5.41) is 0. The smallest absolute Gasteiger partial charge is 0.382 e. The minimum Gasteiger partial charge on any atom is -0.486 e. The number of alkyl halides is 2. The number of benzene rings is 4. The molecule has 0 bridgehead atoms. The van der Waals surface area contributed by atoms with E-state index in [9.17, 15) is 13.6 Å². The van der Waals surface area contributed by atoms with Gasteiger partial charge in [-0.1, -0.05) is 66.4 Å². The fourth-order valence-electron chi connectivity index (χ4n) is 4.08. The Balaban J connectivity index is 1.50.